The number of benzene rings is 2. The molecule has 1 aliphatic rings. The van der Waals surface area contributed by atoms with Gasteiger partial charge < -0.3 is 5.32 Å². The number of nitrogens with zero attached hydrogens (tertiary/aromatic N) is 3. The molecule has 1 amide bonds. The highest BCUT2D eigenvalue weighted by Crippen LogP contribution is 2.26. The number of hydrogen-bond acceptors (Lipinski definition) is 5. The van der Waals surface area contributed by atoms with Gasteiger partial charge in [0.1, 0.15) is 6.54 Å². The number of sulfonamides is 1. The van der Waals surface area contributed by atoms with Crippen molar-refractivity contribution in [3.63, 3.8) is 0 Å². The van der Waals surface area contributed by atoms with Crippen molar-refractivity contribution in [2.24, 2.45) is 0 Å². The number of nitrogens with one attached hydrogen (secondary N) is 1. The molecule has 0 spiro atoms. The summed E-state index contributed by atoms with van der Waals surface area (Å²) in [6.45, 7) is 0.187. The number of amides is 1. The van der Waals surface area contributed by atoms with Crippen LogP contribution in [-0.2, 0) is 21.4 Å². The second-order valence-corrected chi connectivity index (χ2v) is 8.90. The second-order valence-electron chi connectivity index (χ2n) is 6.89. The first kappa shape index (κ1) is 19.1. The van der Waals surface area contributed by atoms with Crippen LogP contribution in [0.5, 0.6) is 0 Å². The lowest BCUT2D eigenvalue weighted by Gasteiger charge is -2.28. The summed E-state index contributed by atoms with van der Waals surface area (Å²) in [7, 11) is -3.33. The zero-order valence-corrected chi connectivity index (χ0v) is 16.4. The third kappa shape index (κ3) is 4.00. The normalized spacial score (nSPS) is 15.9. The predicted molar refractivity (Wildman–Crippen MR) is 111 cm³/mol. The maximum atomic E-state index is 12.5. The number of hydrogen-bond donors (Lipinski definition) is 1. The molecule has 1 aromatic heterocycles. The van der Waals surface area contributed by atoms with Gasteiger partial charge in [0, 0.05) is 17.6 Å². The average Bonchev–Trinajstić information content (AvgIpc) is 2.70. The summed E-state index contributed by atoms with van der Waals surface area (Å²) in [4.78, 5) is 24.9. The van der Waals surface area contributed by atoms with Crippen LogP contribution in [0.25, 0.3) is 10.8 Å². The number of aromatic nitrogens is 2. The van der Waals surface area contributed by atoms with E-state index in [4.69, 9.17) is 0 Å². The van der Waals surface area contributed by atoms with Crippen LogP contribution < -0.4 is 15.2 Å². The van der Waals surface area contributed by atoms with E-state index in [0.29, 0.717) is 35.1 Å². The third-order valence-corrected chi connectivity index (χ3v) is 6.69. The monoisotopic (exact) mass is 412 g/mol. The minimum atomic E-state index is -3.33. The molecule has 150 valence electrons. The molecule has 8 nitrogen and oxygen atoms in total. The SMILES string of the molecule is O=C(Cn1ncc2ccccc2c1=O)Nc1cccc(N2CCCCS2(=O)=O)c1. The van der Waals surface area contributed by atoms with E-state index < -0.39 is 15.9 Å². The van der Waals surface area contributed by atoms with Crippen LogP contribution >= 0.6 is 0 Å². The molecule has 0 saturated carbocycles. The predicted octanol–water partition coefficient (Wildman–Crippen LogP) is 1.97. The van der Waals surface area contributed by atoms with E-state index in [1.54, 1.807) is 48.7 Å². The molecule has 2 aromatic carbocycles. The molecule has 9 heteroatoms. The molecule has 2 heterocycles. The number of fused-ring (bicyclic) bond motifs is 1. The first-order valence-electron chi connectivity index (χ1n) is 9.29. The van der Waals surface area contributed by atoms with Gasteiger partial charge in [0.05, 0.1) is 23.0 Å². The maximum Gasteiger partial charge on any atom is 0.275 e. The summed E-state index contributed by atoms with van der Waals surface area (Å²) in [5, 5.41) is 7.97. The van der Waals surface area contributed by atoms with Gasteiger partial charge in [-0.2, -0.15) is 5.10 Å². The van der Waals surface area contributed by atoms with E-state index in [2.05, 4.69) is 10.4 Å². The van der Waals surface area contributed by atoms with Gasteiger partial charge in [0.15, 0.2) is 0 Å². The summed E-state index contributed by atoms with van der Waals surface area (Å²) in [6, 6.07) is 13.7. The summed E-state index contributed by atoms with van der Waals surface area (Å²) < 4.78 is 27.1. The highest BCUT2D eigenvalue weighted by Gasteiger charge is 2.26. The zero-order chi connectivity index (χ0) is 20.4. The lowest BCUT2D eigenvalue weighted by Crippen LogP contribution is -2.37. The third-order valence-electron chi connectivity index (χ3n) is 4.82. The Hall–Kier alpha value is -3.20. The van der Waals surface area contributed by atoms with E-state index in [0.717, 1.165) is 11.1 Å². The molecule has 4 rings (SSSR count). The van der Waals surface area contributed by atoms with Gasteiger partial charge >= 0.3 is 0 Å². The Bertz CT molecular complexity index is 1240. The smallest absolute Gasteiger partial charge is 0.275 e. The van der Waals surface area contributed by atoms with Crippen LogP contribution in [0.3, 0.4) is 0 Å². The Balaban J connectivity index is 1.52. The lowest BCUT2D eigenvalue weighted by atomic mass is 10.2. The van der Waals surface area contributed by atoms with Crippen molar-refractivity contribution in [1.29, 1.82) is 0 Å². The van der Waals surface area contributed by atoms with Gasteiger partial charge in [-0.1, -0.05) is 24.3 Å². The number of anilines is 2. The van der Waals surface area contributed by atoms with Crippen LogP contribution in [0.4, 0.5) is 11.4 Å². The fraction of sp³-hybridized carbons (Fsp3) is 0.250. The van der Waals surface area contributed by atoms with Gasteiger partial charge in [-0.25, -0.2) is 13.1 Å². The summed E-state index contributed by atoms with van der Waals surface area (Å²) in [6.07, 6.45) is 3.00. The highest BCUT2D eigenvalue weighted by atomic mass is 32.2. The standard InChI is InChI=1S/C20H20N4O4S/c25-19(14-23-20(26)18-9-2-1-6-15(18)13-21-23)22-16-7-5-8-17(12-16)24-10-3-4-11-29(24,27)28/h1-2,5-9,12-13H,3-4,10-11,14H2,(H,22,25). The van der Waals surface area contributed by atoms with Crippen LogP contribution in [0.2, 0.25) is 0 Å². The van der Waals surface area contributed by atoms with Crippen molar-refractivity contribution in [2.75, 3.05) is 21.9 Å². The average molecular weight is 412 g/mol. The molecule has 29 heavy (non-hydrogen) atoms. The van der Waals surface area contributed by atoms with Crippen molar-refractivity contribution < 1.29 is 13.2 Å². The van der Waals surface area contributed by atoms with Gasteiger partial charge in [-0.15, -0.1) is 0 Å². The molecule has 1 fully saturated rings. The van der Waals surface area contributed by atoms with Crippen molar-refractivity contribution in [3.8, 4) is 0 Å². The van der Waals surface area contributed by atoms with Crippen molar-refractivity contribution in [1.82, 2.24) is 9.78 Å². The molecule has 0 radical (unpaired) electrons. The van der Waals surface area contributed by atoms with E-state index in [9.17, 15) is 18.0 Å². The van der Waals surface area contributed by atoms with Crippen LogP contribution in [0, 0.1) is 0 Å². The quantitative estimate of drug-likeness (QED) is 0.706. The highest BCUT2D eigenvalue weighted by molar-refractivity contribution is 7.92. The lowest BCUT2D eigenvalue weighted by molar-refractivity contribution is -0.117. The Morgan fingerprint density at radius 2 is 1.93 bits per heavy atom. The zero-order valence-electron chi connectivity index (χ0n) is 15.6. The van der Waals surface area contributed by atoms with Crippen LogP contribution in [-0.4, -0.2) is 36.4 Å². The minimum Gasteiger partial charge on any atom is -0.324 e. The van der Waals surface area contributed by atoms with Crippen molar-refractivity contribution in [2.45, 2.75) is 19.4 Å². The van der Waals surface area contributed by atoms with Crippen molar-refractivity contribution >= 4 is 38.1 Å². The van der Waals surface area contributed by atoms with Gasteiger partial charge in [-0.05, 0) is 37.1 Å². The molecule has 1 N–H and O–H groups in total. The number of carbonyl (C=O) groups is 1. The molecule has 0 aliphatic carbocycles. The molecule has 0 unspecified atom stereocenters. The molecular weight excluding hydrogens is 392 g/mol. The van der Waals surface area contributed by atoms with E-state index in [1.807, 2.05) is 6.07 Å². The fourth-order valence-corrected chi connectivity index (χ4v) is 5.03. The minimum absolute atomic E-state index is 0.125. The number of rotatable bonds is 4. The Morgan fingerprint density at radius 1 is 1.10 bits per heavy atom. The second kappa shape index (κ2) is 7.67. The Morgan fingerprint density at radius 3 is 2.76 bits per heavy atom. The molecule has 3 aromatic rings. The van der Waals surface area contributed by atoms with Crippen LogP contribution in [0.1, 0.15) is 12.8 Å². The van der Waals surface area contributed by atoms with Gasteiger partial charge in [0.2, 0.25) is 15.9 Å². The van der Waals surface area contributed by atoms with E-state index in [-0.39, 0.29) is 17.9 Å². The first-order valence-corrected chi connectivity index (χ1v) is 10.9. The first-order chi connectivity index (χ1) is 13.9. The Kier molecular flexibility index (Phi) is 5.06. The summed E-state index contributed by atoms with van der Waals surface area (Å²) in [5.41, 5.74) is 0.636. The van der Waals surface area contributed by atoms with E-state index >= 15 is 0 Å². The molecule has 1 saturated heterocycles. The van der Waals surface area contributed by atoms with E-state index in [1.165, 1.54) is 4.31 Å². The van der Waals surface area contributed by atoms with Gasteiger partial charge in [0.25, 0.3) is 5.56 Å². The summed E-state index contributed by atoms with van der Waals surface area (Å²) >= 11 is 0. The Labute approximate surface area is 167 Å². The number of carbonyl (C=O) groups excluding carboxylic acids is 1. The molecule has 1 aliphatic heterocycles. The van der Waals surface area contributed by atoms with Gasteiger partial charge in [-0.3, -0.25) is 13.9 Å². The van der Waals surface area contributed by atoms with Crippen molar-refractivity contribution in [3.05, 3.63) is 65.1 Å². The largest absolute Gasteiger partial charge is 0.324 e. The fourth-order valence-electron chi connectivity index (χ4n) is 3.39. The summed E-state index contributed by atoms with van der Waals surface area (Å²) in [5.74, 6) is -0.298. The maximum absolute atomic E-state index is 12.5. The molecule has 0 atom stereocenters. The van der Waals surface area contributed by atoms with Crippen LogP contribution in [0.15, 0.2) is 59.5 Å². The topological polar surface area (TPSA) is 101 Å². The molecular formula is C20H20N4O4S. The molecule has 0 bridgehead atoms.